The van der Waals surface area contributed by atoms with Crippen LogP contribution in [0.25, 0.3) is 0 Å². The molecule has 0 aliphatic heterocycles. The second-order valence-corrected chi connectivity index (χ2v) is 4.82. The van der Waals surface area contributed by atoms with Crippen LogP contribution in [0, 0.1) is 0 Å². The largest absolute Gasteiger partial charge is 0.409 e. The minimum Gasteiger partial charge on any atom is -0.409 e. The summed E-state index contributed by atoms with van der Waals surface area (Å²) in [6.45, 7) is 2.44. The van der Waals surface area contributed by atoms with Crippen molar-refractivity contribution in [1.29, 1.82) is 0 Å². The molecule has 0 saturated heterocycles. The van der Waals surface area contributed by atoms with Gasteiger partial charge in [0.25, 0.3) is 0 Å². The standard InChI is InChI=1S/C11H14N6O2S/c1-2-17-10(18)14-15-11(17)20-6-7-3-4-13-8(5-7)9(12)16-19/h3-5,19H,2,6H2,1H3,(H2,12,16)(H,14,18). The molecule has 0 spiro atoms. The van der Waals surface area contributed by atoms with Crippen molar-refractivity contribution in [1.82, 2.24) is 19.7 Å². The highest BCUT2D eigenvalue weighted by Gasteiger charge is 2.08. The first-order valence-electron chi connectivity index (χ1n) is 5.86. The predicted octanol–water partition coefficient (Wildman–Crippen LogP) is 0.373. The van der Waals surface area contributed by atoms with Crippen LogP contribution in [-0.2, 0) is 12.3 Å². The van der Waals surface area contributed by atoms with Gasteiger partial charge in [-0.25, -0.2) is 9.89 Å². The molecule has 2 rings (SSSR count). The molecule has 0 amide bonds. The highest BCUT2D eigenvalue weighted by Crippen LogP contribution is 2.19. The van der Waals surface area contributed by atoms with E-state index >= 15 is 0 Å². The summed E-state index contributed by atoms with van der Waals surface area (Å²) in [6.07, 6.45) is 1.58. The maximum atomic E-state index is 11.4. The summed E-state index contributed by atoms with van der Waals surface area (Å²) in [6, 6.07) is 3.55. The van der Waals surface area contributed by atoms with Crippen molar-refractivity contribution in [3.63, 3.8) is 0 Å². The lowest BCUT2D eigenvalue weighted by atomic mass is 10.2. The van der Waals surface area contributed by atoms with Gasteiger partial charge in [0.2, 0.25) is 0 Å². The molecular weight excluding hydrogens is 280 g/mol. The van der Waals surface area contributed by atoms with E-state index in [1.54, 1.807) is 16.8 Å². The Morgan fingerprint density at radius 3 is 3.15 bits per heavy atom. The van der Waals surface area contributed by atoms with Crippen LogP contribution in [0.2, 0.25) is 0 Å². The molecule has 0 bridgehead atoms. The molecule has 4 N–H and O–H groups in total. The van der Waals surface area contributed by atoms with Gasteiger partial charge >= 0.3 is 5.69 Å². The molecule has 0 atom stereocenters. The van der Waals surface area contributed by atoms with Crippen LogP contribution >= 0.6 is 11.8 Å². The third kappa shape index (κ3) is 2.99. The van der Waals surface area contributed by atoms with Crippen molar-refractivity contribution in [2.24, 2.45) is 10.9 Å². The SMILES string of the molecule is CCn1c(SCc2ccnc(C(N)=NO)c2)n[nH]c1=O. The maximum Gasteiger partial charge on any atom is 0.343 e. The minimum atomic E-state index is -0.220. The average Bonchev–Trinajstić information content (AvgIpc) is 2.84. The lowest BCUT2D eigenvalue weighted by Gasteiger charge is -2.04. The van der Waals surface area contributed by atoms with Gasteiger partial charge in [-0.2, -0.15) is 0 Å². The fraction of sp³-hybridized carbons (Fsp3) is 0.273. The second kappa shape index (κ2) is 6.24. The molecule has 0 radical (unpaired) electrons. The number of nitrogens with one attached hydrogen (secondary N) is 1. The topological polar surface area (TPSA) is 122 Å². The summed E-state index contributed by atoms with van der Waals surface area (Å²) in [7, 11) is 0. The number of nitrogens with zero attached hydrogens (tertiary/aromatic N) is 4. The first kappa shape index (κ1) is 14.1. The molecule has 106 valence electrons. The lowest BCUT2D eigenvalue weighted by Crippen LogP contribution is -2.16. The number of pyridine rings is 1. The van der Waals surface area contributed by atoms with Crippen molar-refractivity contribution < 1.29 is 5.21 Å². The number of hydrogen-bond donors (Lipinski definition) is 3. The van der Waals surface area contributed by atoms with Crippen molar-refractivity contribution in [3.05, 3.63) is 40.1 Å². The Labute approximate surface area is 118 Å². The molecule has 2 aromatic rings. The number of hydrogen-bond acceptors (Lipinski definition) is 6. The Bertz CT molecular complexity index is 678. The van der Waals surface area contributed by atoms with Crippen LogP contribution in [0.5, 0.6) is 0 Å². The molecule has 0 fully saturated rings. The molecule has 0 saturated carbocycles. The van der Waals surface area contributed by atoms with Crippen LogP contribution in [0.3, 0.4) is 0 Å². The van der Waals surface area contributed by atoms with Crippen LogP contribution in [0.4, 0.5) is 0 Å². The van der Waals surface area contributed by atoms with Gasteiger partial charge in [0.15, 0.2) is 11.0 Å². The van der Waals surface area contributed by atoms with Crippen LogP contribution in [-0.4, -0.2) is 30.8 Å². The van der Waals surface area contributed by atoms with E-state index in [2.05, 4.69) is 20.3 Å². The van der Waals surface area contributed by atoms with Gasteiger partial charge in [-0.05, 0) is 24.6 Å². The molecular formula is C11H14N6O2S. The van der Waals surface area contributed by atoms with E-state index in [1.165, 1.54) is 11.8 Å². The smallest absolute Gasteiger partial charge is 0.343 e. The van der Waals surface area contributed by atoms with Crippen LogP contribution in [0.15, 0.2) is 33.4 Å². The number of aromatic amines is 1. The van der Waals surface area contributed by atoms with Crippen molar-refractivity contribution in [2.75, 3.05) is 0 Å². The fourth-order valence-corrected chi connectivity index (χ4v) is 2.55. The first-order chi connectivity index (χ1) is 9.65. The third-order valence-corrected chi connectivity index (χ3v) is 3.65. The summed E-state index contributed by atoms with van der Waals surface area (Å²) < 4.78 is 1.55. The summed E-state index contributed by atoms with van der Waals surface area (Å²) in [5, 5.41) is 18.5. The molecule has 8 nitrogen and oxygen atoms in total. The zero-order valence-corrected chi connectivity index (χ0v) is 11.6. The summed E-state index contributed by atoms with van der Waals surface area (Å²) >= 11 is 1.42. The Balaban J connectivity index is 2.13. The number of nitrogens with two attached hydrogens (primary N) is 1. The fourth-order valence-electron chi connectivity index (χ4n) is 1.60. The van der Waals surface area contributed by atoms with Gasteiger partial charge < -0.3 is 10.9 Å². The minimum absolute atomic E-state index is 0.0397. The molecule has 0 aromatic carbocycles. The van der Waals surface area contributed by atoms with E-state index in [0.29, 0.717) is 23.1 Å². The number of thioether (sulfide) groups is 1. The van der Waals surface area contributed by atoms with Crippen molar-refractivity contribution >= 4 is 17.6 Å². The quantitative estimate of drug-likeness (QED) is 0.241. The maximum absolute atomic E-state index is 11.4. The normalized spacial score (nSPS) is 11.8. The molecule has 2 aromatic heterocycles. The highest BCUT2D eigenvalue weighted by molar-refractivity contribution is 7.98. The van der Waals surface area contributed by atoms with Crippen molar-refractivity contribution in [2.45, 2.75) is 24.4 Å². The third-order valence-electron chi connectivity index (χ3n) is 2.60. The van der Waals surface area contributed by atoms with E-state index in [0.717, 1.165) is 5.56 Å². The van der Waals surface area contributed by atoms with Crippen LogP contribution in [0.1, 0.15) is 18.2 Å². The molecule has 0 aliphatic rings. The lowest BCUT2D eigenvalue weighted by molar-refractivity contribution is 0.318. The summed E-state index contributed by atoms with van der Waals surface area (Å²) in [5.41, 5.74) is 6.61. The Kier molecular flexibility index (Phi) is 4.41. The number of rotatable bonds is 5. The number of amidine groups is 1. The first-order valence-corrected chi connectivity index (χ1v) is 6.85. The van der Waals surface area contributed by atoms with Gasteiger partial charge in [0, 0.05) is 18.5 Å². The number of H-pyrrole nitrogens is 1. The van der Waals surface area contributed by atoms with E-state index < -0.39 is 0 Å². The van der Waals surface area contributed by atoms with Gasteiger partial charge in [-0.15, -0.1) is 5.10 Å². The summed E-state index contributed by atoms with van der Waals surface area (Å²) in [5.74, 6) is 0.556. The molecule has 2 heterocycles. The van der Waals surface area contributed by atoms with Gasteiger partial charge in [-0.3, -0.25) is 9.55 Å². The average molecular weight is 294 g/mol. The Morgan fingerprint density at radius 2 is 2.45 bits per heavy atom. The molecule has 20 heavy (non-hydrogen) atoms. The highest BCUT2D eigenvalue weighted by atomic mass is 32.2. The van der Waals surface area contributed by atoms with E-state index in [1.807, 2.05) is 13.0 Å². The van der Waals surface area contributed by atoms with Gasteiger partial charge in [0.05, 0.1) is 0 Å². The Morgan fingerprint density at radius 1 is 1.65 bits per heavy atom. The van der Waals surface area contributed by atoms with E-state index in [4.69, 9.17) is 10.9 Å². The molecule has 0 unspecified atom stereocenters. The van der Waals surface area contributed by atoms with Gasteiger partial charge in [0.1, 0.15) is 5.69 Å². The zero-order chi connectivity index (χ0) is 14.5. The Hall–Kier alpha value is -2.29. The van der Waals surface area contributed by atoms with E-state index in [9.17, 15) is 4.79 Å². The number of oxime groups is 1. The summed E-state index contributed by atoms with van der Waals surface area (Å²) in [4.78, 5) is 15.4. The van der Waals surface area contributed by atoms with Crippen LogP contribution < -0.4 is 11.4 Å². The molecule has 0 aliphatic carbocycles. The monoisotopic (exact) mass is 294 g/mol. The van der Waals surface area contributed by atoms with Crippen molar-refractivity contribution in [3.8, 4) is 0 Å². The second-order valence-electron chi connectivity index (χ2n) is 3.88. The number of aromatic nitrogens is 4. The molecule has 9 heteroatoms. The van der Waals surface area contributed by atoms with E-state index in [-0.39, 0.29) is 11.5 Å². The predicted molar refractivity (Wildman–Crippen MR) is 74.8 cm³/mol. The zero-order valence-electron chi connectivity index (χ0n) is 10.8. The van der Waals surface area contributed by atoms with Gasteiger partial charge in [-0.1, -0.05) is 16.9 Å².